The Kier molecular flexibility index (Phi) is 28.9. The van der Waals surface area contributed by atoms with Gasteiger partial charge in [-0.2, -0.15) is 13.2 Å². The van der Waals surface area contributed by atoms with Crippen molar-refractivity contribution in [3.63, 3.8) is 0 Å². The summed E-state index contributed by atoms with van der Waals surface area (Å²) in [6.07, 6.45) is -5.08. The second-order valence-electron chi connectivity index (χ2n) is 2.45. The molecule has 10 heteroatoms. The number of aliphatic hydroxyl groups is 1. The van der Waals surface area contributed by atoms with Gasteiger partial charge in [0.1, 0.15) is 0 Å². The Morgan fingerprint density at radius 3 is 1.58 bits per heavy atom. The van der Waals surface area contributed by atoms with Gasteiger partial charge < -0.3 is 10.2 Å². The van der Waals surface area contributed by atoms with Crippen molar-refractivity contribution in [2.75, 3.05) is 0 Å². The van der Waals surface area contributed by atoms with E-state index in [0.29, 0.717) is 0 Å². The Balaban J connectivity index is -0.0000000573. The fourth-order valence-corrected chi connectivity index (χ4v) is 0.583. The Bertz CT molecular complexity index is 310. The smallest absolute Gasteiger partial charge is 0.475 e. The summed E-state index contributed by atoms with van der Waals surface area (Å²) in [6, 6.07) is 9.52. The van der Waals surface area contributed by atoms with Gasteiger partial charge in [-0.15, -0.1) is 0 Å². The van der Waals surface area contributed by atoms with Gasteiger partial charge in [-0.05, 0) is 5.56 Å². The maximum absolute atomic E-state index is 10.6. The molecular formula is C9H11F5KO3Y. The molecule has 0 aliphatic rings. The molecule has 1 rings (SSSR count). The van der Waals surface area contributed by atoms with Crippen LogP contribution in [0.4, 0.5) is 22.6 Å². The molecule has 0 aliphatic heterocycles. The fourth-order valence-electron chi connectivity index (χ4n) is 0.583. The minimum atomic E-state index is -5.08. The summed E-state index contributed by atoms with van der Waals surface area (Å²) in [4.78, 5) is 8.90. The first-order valence-corrected chi connectivity index (χ1v) is 3.83. The molecular weight excluding hydrogens is 379 g/mol. The van der Waals surface area contributed by atoms with E-state index in [9.17, 15) is 13.2 Å². The van der Waals surface area contributed by atoms with Crippen LogP contribution < -0.4 is 0 Å². The number of carboxylic acid groups (broad SMARTS) is 1. The Hall–Kier alpha value is 1.04. The van der Waals surface area contributed by atoms with Gasteiger partial charge in [0.25, 0.3) is 0 Å². The van der Waals surface area contributed by atoms with Gasteiger partial charge in [0.15, 0.2) is 0 Å². The number of carboxylic acids is 1. The largest absolute Gasteiger partial charge is 0.490 e. The fraction of sp³-hybridized carbons (Fsp3) is 0.222. The predicted molar refractivity (Wildman–Crippen MR) is 56.8 cm³/mol. The second kappa shape index (κ2) is 17.1. The molecule has 0 fully saturated rings. The molecule has 0 aromatic heterocycles. The summed E-state index contributed by atoms with van der Waals surface area (Å²) in [7, 11) is 0. The first-order chi connectivity index (χ1) is 6.88. The second-order valence-corrected chi connectivity index (χ2v) is 2.45. The molecule has 1 aromatic carbocycles. The van der Waals surface area contributed by atoms with E-state index in [0.717, 1.165) is 5.56 Å². The molecule has 104 valence electrons. The molecule has 0 spiro atoms. The summed E-state index contributed by atoms with van der Waals surface area (Å²) in [5.41, 5.74) is 0.965. The van der Waals surface area contributed by atoms with Crippen LogP contribution >= 0.6 is 0 Å². The number of benzene rings is 1. The van der Waals surface area contributed by atoms with E-state index < -0.39 is 12.1 Å². The van der Waals surface area contributed by atoms with Crippen molar-refractivity contribution in [1.29, 1.82) is 0 Å². The van der Waals surface area contributed by atoms with Crippen LogP contribution in [0.1, 0.15) is 5.56 Å². The number of hydrogen-bond acceptors (Lipinski definition) is 2. The van der Waals surface area contributed by atoms with Crippen LogP contribution in [0.3, 0.4) is 0 Å². The molecule has 0 atom stereocenters. The molecule has 0 saturated carbocycles. The molecule has 0 unspecified atom stereocenters. The Morgan fingerprint density at radius 2 is 1.42 bits per heavy atom. The number of rotatable bonds is 1. The van der Waals surface area contributed by atoms with Crippen LogP contribution in [0.5, 0.6) is 0 Å². The topological polar surface area (TPSA) is 57.5 Å². The zero-order valence-electron chi connectivity index (χ0n) is 9.92. The number of carbonyl (C=O) groups is 1. The summed E-state index contributed by atoms with van der Waals surface area (Å²) in [5.74, 6) is -2.76. The SMILES string of the molecule is F.F.O=C(O)C(F)(F)F.OCc1ccccc1.[K].[Y]. The van der Waals surface area contributed by atoms with Crippen molar-refractivity contribution in [2.45, 2.75) is 12.8 Å². The molecule has 3 nitrogen and oxygen atoms in total. The van der Waals surface area contributed by atoms with Crippen LogP contribution in [0, 0.1) is 0 Å². The van der Waals surface area contributed by atoms with Crippen LogP contribution in [-0.2, 0) is 44.1 Å². The van der Waals surface area contributed by atoms with Crippen LogP contribution in [0.15, 0.2) is 30.3 Å². The Labute approximate surface area is 174 Å². The summed E-state index contributed by atoms with van der Waals surface area (Å²) in [5, 5.41) is 15.7. The van der Waals surface area contributed by atoms with Crippen molar-refractivity contribution < 1.29 is 70.3 Å². The average molecular weight is 390 g/mol. The molecule has 2 radical (unpaired) electrons. The van der Waals surface area contributed by atoms with E-state index in [4.69, 9.17) is 15.0 Å². The summed E-state index contributed by atoms with van der Waals surface area (Å²) < 4.78 is 31.7. The first kappa shape index (κ1) is 32.1. The number of aliphatic hydroxyl groups excluding tert-OH is 1. The van der Waals surface area contributed by atoms with Crippen molar-refractivity contribution in [3.8, 4) is 0 Å². The third-order valence-corrected chi connectivity index (χ3v) is 1.27. The monoisotopic (exact) mass is 390 g/mol. The molecule has 0 heterocycles. The number of aliphatic carboxylic acids is 1. The average Bonchev–Trinajstić information content (AvgIpc) is 2.18. The van der Waals surface area contributed by atoms with Crippen LogP contribution in [0.2, 0.25) is 0 Å². The normalized spacial score (nSPS) is 8.00. The maximum Gasteiger partial charge on any atom is 0.490 e. The number of halogens is 5. The maximum atomic E-state index is 10.6. The van der Waals surface area contributed by atoms with Crippen molar-refractivity contribution in [1.82, 2.24) is 0 Å². The van der Waals surface area contributed by atoms with Gasteiger partial charge in [-0.25, -0.2) is 4.79 Å². The van der Waals surface area contributed by atoms with E-state index in [2.05, 4.69) is 0 Å². The van der Waals surface area contributed by atoms with Gasteiger partial charge >= 0.3 is 12.1 Å². The third-order valence-electron chi connectivity index (χ3n) is 1.27. The summed E-state index contributed by atoms with van der Waals surface area (Å²) >= 11 is 0. The van der Waals surface area contributed by atoms with Gasteiger partial charge in [-0.1, -0.05) is 30.3 Å². The zero-order chi connectivity index (χ0) is 11.9. The molecule has 0 saturated heterocycles. The zero-order valence-corrected chi connectivity index (χ0v) is 15.9. The third kappa shape index (κ3) is 19.0. The van der Waals surface area contributed by atoms with Gasteiger partial charge in [-0.3, -0.25) is 9.41 Å². The van der Waals surface area contributed by atoms with Gasteiger partial charge in [0, 0.05) is 84.1 Å². The van der Waals surface area contributed by atoms with Crippen LogP contribution in [-0.4, -0.2) is 73.7 Å². The van der Waals surface area contributed by atoms with E-state index in [1.54, 1.807) is 0 Å². The van der Waals surface area contributed by atoms with Crippen molar-refractivity contribution in [3.05, 3.63) is 35.9 Å². The van der Waals surface area contributed by atoms with Gasteiger partial charge in [0.2, 0.25) is 0 Å². The first-order valence-electron chi connectivity index (χ1n) is 3.83. The predicted octanol–water partition coefficient (Wildman–Crippen LogP) is 1.73. The van der Waals surface area contributed by atoms with E-state index >= 15 is 0 Å². The quantitative estimate of drug-likeness (QED) is 0.568. The van der Waals surface area contributed by atoms with Crippen molar-refractivity contribution in [2.24, 2.45) is 0 Å². The van der Waals surface area contributed by atoms with E-state index in [1.165, 1.54) is 0 Å². The molecule has 0 bridgehead atoms. The molecule has 0 amide bonds. The Morgan fingerprint density at radius 1 is 1.11 bits per heavy atom. The molecule has 0 aliphatic carbocycles. The molecule has 2 N–H and O–H groups in total. The molecule has 19 heavy (non-hydrogen) atoms. The molecule has 1 aromatic rings. The van der Waals surface area contributed by atoms with E-state index in [1.807, 2.05) is 30.3 Å². The minimum Gasteiger partial charge on any atom is -0.475 e. The van der Waals surface area contributed by atoms with E-state index in [-0.39, 0.29) is 100 Å². The summed E-state index contributed by atoms with van der Waals surface area (Å²) in [6.45, 7) is 0.140. The van der Waals surface area contributed by atoms with Gasteiger partial charge in [0.05, 0.1) is 6.61 Å². The number of hydrogen-bond donors (Lipinski definition) is 2. The number of alkyl halides is 3. The standard InChI is InChI=1S/C7H8O.C2HF3O2.2FH.K.Y/c8-6-7-4-2-1-3-5-7;3-2(4,5)1(6)7;;;;/h1-5,8H,6H2;(H,6,7);2*1H;;. The van der Waals surface area contributed by atoms with Crippen LogP contribution in [0.25, 0.3) is 0 Å². The minimum absolute atomic E-state index is 0. The van der Waals surface area contributed by atoms with Crippen molar-refractivity contribution >= 4 is 57.4 Å².